The summed E-state index contributed by atoms with van der Waals surface area (Å²) in [6, 6.07) is 9.55. The van der Waals surface area contributed by atoms with Crippen molar-refractivity contribution >= 4 is 11.9 Å². The van der Waals surface area contributed by atoms with Gasteiger partial charge < -0.3 is 15.0 Å². The predicted molar refractivity (Wildman–Crippen MR) is 107 cm³/mol. The van der Waals surface area contributed by atoms with Gasteiger partial charge in [-0.25, -0.2) is 4.98 Å². The van der Waals surface area contributed by atoms with Crippen LogP contribution in [0.5, 0.6) is 5.75 Å². The molecule has 0 radical (unpaired) electrons. The second-order valence-corrected chi connectivity index (χ2v) is 7.76. The Morgan fingerprint density at radius 3 is 2.50 bits per heavy atom. The minimum atomic E-state index is -0.351. The van der Waals surface area contributed by atoms with Crippen LogP contribution in [0, 0.1) is 6.92 Å². The molecule has 2 heterocycles. The van der Waals surface area contributed by atoms with Crippen LogP contribution in [-0.2, 0) is 10.2 Å². The van der Waals surface area contributed by atoms with Gasteiger partial charge in [0.2, 0.25) is 11.9 Å². The van der Waals surface area contributed by atoms with E-state index in [2.05, 4.69) is 15.3 Å². The lowest BCUT2D eigenvalue weighted by molar-refractivity contribution is -0.134. The van der Waals surface area contributed by atoms with Crippen molar-refractivity contribution in [2.75, 3.05) is 25.5 Å². The summed E-state index contributed by atoms with van der Waals surface area (Å²) in [4.78, 5) is 33.8. The molecule has 0 unspecified atom stereocenters. The number of aromatic amines is 1. The van der Waals surface area contributed by atoms with Crippen LogP contribution in [0.15, 0.2) is 35.1 Å². The zero-order valence-corrected chi connectivity index (χ0v) is 16.3. The predicted octanol–water partition coefficient (Wildman–Crippen LogP) is 2.22. The SMILES string of the molecule is COc1ccc(C2(C(=O)N3CCC(Nc4nc(C)cc(=O)[nH]4)CC3)CC2)cc1. The van der Waals surface area contributed by atoms with E-state index in [0.717, 1.165) is 37.0 Å². The van der Waals surface area contributed by atoms with Crippen molar-refractivity contribution in [2.45, 2.75) is 44.1 Å². The molecule has 1 aliphatic heterocycles. The van der Waals surface area contributed by atoms with Crippen LogP contribution in [0.4, 0.5) is 5.95 Å². The number of anilines is 1. The maximum Gasteiger partial charge on any atom is 0.252 e. The first-order valence-electron chi connectivity index (χ1n) is 9.78. The van der Waals surface area contributed by atoms with Gasteiger partial charge in [0.25, 0.3) is 5.56 Å². The second kappa shape index (κ2) is 7.30. The van der Waals surface area contributed by atoms with Crippen LogP contribution in [-0.4, -0.2) is 47.0 Å². The third-order valence-corrected chi connectivity index (χ3v) is 5.79. The molecule has 2 N–H and O–H groups in total. The van der Waals surface area contributed by atoms with E-state index >= 15 is 0 Å². The first kappa shape index (κ1) is 18.5. The first-order valence-corrected chi connectivity index (χ1v) is 9.78. The third kappa shape index (κ3) is 3.61. The molecule has 4 rings (SSSR count). The molecular formula is C21H26N4O3. The highest BCUT2D eigenvalue weighted by Crippen LogP contribution is 2.50. The van der Waals surface area contributed by atoms with E-state index in [9.17, 15) is 9.59 Å². The van der Waals surface area contributed by atoms with Crippen molar-refractivity contribution in [3.05, 3.63) is 51.9 Å². The molecule has 2 aliphatic rings. The Bertz CT molecular complexity index is 910. The molecule has 1 aromatic heterocycles. The number of amides is 1. The number of hydrogen-bond donors (Lipinski definition) is 2. The van der Waals surface area contributed by atoms with Gasteiger partial charge in [-0.3, -0.25) is 14.6 Å². The summed E-state index contributed by atoms with van der Waals surface area (Å²) in [5, 5.41) is 3.30. The van der Waals surface area contributed by atoms with Crippen molar-refractivity contribution in [3.63, 3.8) is 0 Å². The summed E-state index contributed by atoms with van der Waals surface area (Å²) < 4.78 is 5.22. The average Bonchev–Trinajstić information content (AvgIpc) is 3.49. The first-order chi connectivity index (χ1) is 13.5. The number of piperidine rings is 1. The van der Waals surface area contributed by atoms with E-state index in [1.165, 1.54) is 6.07 Å². The van der Waals surface area contributed by atoms with Gasteiger partial charge >= 0.3 is 0 Å². The van der Waals surface area contributed by atoms with Gasteiger partial charge in [0.1, 0.15) is 5.75 Å². The number of ether oxygens (including phenoxy) is 1. The number of rotatable bonds is 5. The van der Waals surface area contributed by atoms with Crippen LogP contribution in [0.3, 0.4) is 0 Å². The number of H-pyrrole nitrogens is 1. The molecule has 2 aromatic rings. The minimum Gasteiger partial charge on any atom is -0.497 e. The van der Waals surface area contributed by atoms with Crippen molar-refractivity contribution in [2.24, 2.45) is 0 Å². The molecule has 1 amide bonds. The van der Waals surface area contributed by atoms with Crippen molar-refractivity contribution in [1.29, 1.82) is 0 Å². The van der Waals surface area contributed by atoms with Crippen LogP contribution in [0.25, 0.3) is 0 Å². The summed E-state index contributed by atoms with van der Waals surface area (Å²) in [6.07, 6.45) is 3.49. The van der Waals surface area contributed by atoms with E-state index in [4.69, 9.17) is 4.74 Å². The maximum atomic E-state index is 13.2. The molecule has 1 saturated heterocycles. The van der Waals surface area contributed by atoms with Crippen LogP contribution < -0.4 is 15.6 Å². The molecule has 28 heavy (non-hydrogen) atoms. The summed E-state index contributed by atoms with van der Waals surface area (Å²) in [5.74, 6) is 1.55. The molecule has 148 valence electrons. The molecule has 1 saturated carbocycles. The fourth-order valence-electron chi connectivity index (χ4n) is 4.03. The maximum absolute atomic E-state index is 13.2. The highest BCUT2D eigenvalue weighted by molar-refractivity contribution is 5.91. The fourth-order valence-corrected chi connectivity index (χ4v) is 4.03. The Labute approximate surface area is 164 Å². The van der Waals surface area contributed by atoms with Gasteiger partial charge in [0.05, 0.1) is 12.5 Å². The highest BCUT2D eigenvalue weighted by atomic mass is 16.5. The highest BCUT2D eigenvalue weighted by Gasteiger charge is 2.53. The van der Waals surface area contributed by atoms with Crippen molar-refractivity contribution in [1.82, 2.24) is 14.9 Å². The van der Waals surface area contributed by atoms with Crippen molar-refractivity contribution in [3.8, 4) is 5.75 Å². The number of likely N-dealkylation sites (tertiary alicyclic amines) is 1. The Kier molecular flexibility index (Phi) is 4.83. The molecular weight excluding hydrogens is 356 g/mol. The molecule has 0 spiro atoms. The van der Waals surface area contributed by atoms with E-state index in [1.54, 1.807) is 14.0 Å². The molecule has 1 aromatic carbocycles. The molecule has 7 heteroatoms. The molecule has 7 nitrogen and oxygen atoms in total. The van der Waals surface area contributed by atoms with Crippen LogP contribution in [0.1, 0.15) is 36.9 Å². The van der Waals surface area contributed by atoms with E-state index in [0.29, 0.717) is 24.7 Å². The Balaban J connectivity index is 1.38. The summed E-state index contributed by atoms with van der Waals surface area (Å²) in [7, 11) is 1.65. The van der Waals surface area contributed by atoms with E-state index in [1.807, 2.05) is 29.2 Å². The summed E-state index contributed by atoms with van der Waals surface area (Å²) >= 11 is 0. The van der Waals surface area contributed by atoms with Gasteiger partial charge in [0.15, 0.2) is 0 Å². The fraction of sp³-hybridized carbons (Fsp3) is 0.476. The number of nitrogens with one attached hydrogen (secondary N) is 2. The minimum absolute atomic E-state index is 0.155. The van der Waals surface area contributed by atoms with Gasteiger partial charge in [0, 0.05) is 30.9 Å². The zero-order valence-electron chi connectivity index (χ0n) is 16.3. The lowest BCUT2D eigenvalue weighted by atomic mass is 9.92. The van der Waals surface area contributed by atoms with Crippen LogP contribution in [0.2, 0.25) is 0 Å². The summed E-state index contributed by atoms with van der Waals surface area (Å²) in [5.41, 5.74) is 1.27. The molecule has 1 aliphatic carbocycles. The quantitative estimate of drug-likeness (QED) is 0.828. The standard InChI is InChI=1S/C21H26N4O3/c1-14-13-18(26)24-20(22-14)23-16-7-11-25(12-8-16)19(27)21(9-10-21)15-3-5-17(28-2)6-4-15/h3-6,13,16H,7-12H2,1-2H3,(H2,22,23,24,26). The lowest BCUT2D eigenvalue weighted by Crippen LogP contribution is -2.46. The monoisotopic (exact) mass is 382 g/mol. The van der Waals surface area contributed by atoms with Gasteiger partial charge in [-0.2, -0.15) is 0 Å². The average molecular weight is 382 g/mol. The topological polar surface area (TPSA) is 87.3 Å². The van der Waals surface area contributed by atoms with E-state index < -0.39 is 0 Å². The number of aryl methyl sites for hydroxylation is 1. The number of methoxy groups -OCH3 is 1. The number of benzene rings is 1. The number of nitrogens with zero attached hydrogens (tertiary/aromatic N) is 2. The van der Waals surface area contributed by atoms with Crippen molar-refractivity contribution < 1.29 is 9.53 Å². The normalized spacial score (nSPS) is 18.6. The Morgan fingerprint density at radius 2 is 1.93 bits per heavy atom. The van der Waals surface area contributed by atoms with Gasteiger partial charge in [-0.05, 0) is 50.3 Å². The Morgan fingerprint density at radius 1 is 1.25 bits per heavy atom. The molecule has 0 bridgehead atoms. The number of carbonyl (C=O) groups is 1. The number of aromatic nitrogens is 2. The Hall–Kier alpha value is -2.83. The number of hydrogen-bond acceptors (Lipinski definition) is 5. The third-order valence-electron chi connectivity index (χ3n) is 5.79. The van der Waals surface area contributed by atoms with Gasteiger partial charge in [-0.15, -0.1) is 0 Å². The zero-order chi connectivity index (χ0) is 19.7. The second-order valence-electron chi connectivity index (χ2n) is 7.76. The van der Waals surface area contributed by atoms with E-state index in [-0.39, 0.29) is 22.9 Å². The summed E-state index contributed by atoms with van der Waals surface area (Å²) in [6.45, 7) is 3.23. The number of carbonyl (C=O) groups excluding carboxylic acids is 1. The van der Waals surface area contributed by atoms with Crippen LogP contribution >= 0.6 is 0 Å². The smallest absolute Gasteiger partial charge is 0.252 e. The molecule has 0 atom stereocenters. The molecule has 2 fully saturated rings. The lowest BCUT2D eigenvalue weighted by Gasteiger charge is -2.35. The largest absolute Gasteiger partial charge is 0.497 e. The van der Waals surface area contributed by atoms with Gasteiger partial charge in [-0.1, -0.05) is 12.1 Å².